The van der Waals surface area contributed by atoms with Gasteiger partial charge in [0.05, 0.1) is 18.8 Å². The van der Waals surface area contributed by atoms with Gasteiger partial charge in [0.15, 0.2) is 0 Å². The molecule has 0 spiro atoms. The highest BCUT2D eigenvalue weighted by Crippen LogP contribution is 2.06. The summed E-state index contributed by atoms with van der Waals surface area (Å²) in [4.78, 5) is 78.1. The first-order chi connectivity index (χ1) is 17.4. The molecule has 11 N–H and O–H groups in total. The van der Waals surface area contributed by atoms with Crippen molar-refractivity contribution in [2.75, 3.05) is 6.54 Å². The normalized spacial score (nSPS) is 14.0. The Morgan fingerprint density at radius 2 is 1.49 bits per heavy atom. The maximum atomic E-state index is 13.1. The number of carbonyl (C=O) groups is 6. The molecular weight excluding hydrogens is 494 g/mol. The van der Waals surface area contributed by atoms with E-state index < -0.39 is 66.2 Å². The number of rotatable bonds is 18. The number of hydrogen-bond acceptors (Lipinski definition) is 9. The zero-order valence-electron chi connectivity index (χ0n) is 20.0. The summed E-state index contributed by atoms with van der Waals surface area (Å²) in [6.07, 6.45) is 2.17. The van der Waals surface area contributed by atoms with Crippen LogP contribution in [0.3, 0.4) is 0 Å². The van der Waals surface area contributed by atoms with E-state index in [4.69, 9.17) is 21.7 Å². The number of amides is 3. The van der Waals surface area contributed by atoms with E-state index in [1.54, 1.807) is 0 Å². The Morgan fingerprint density at radius 3 is 2.03 bits per heavy atom. The number of carboxylic acid groups (broad SMARTS) is 3. The van der Waals surface area contributed by atoms with Gasteiger partial charge in [-0.3, -0.25) is 24.0 Å². The van der Waals surface area contributed by atoms with Crippen LogP contribution in [0.5, 0.6) is 0 Å². The SMILES string of the molecule is NCCCCC(NC(=O)C(Cc1cnc[nH]1)NC(=O)C(N)CCC(=O)O)C(=O)NC(CC(=O)O)C(=O)O. The maximum Gasteiger partial charge on any atom is 0.326 e. The molecule has 3 amide bonds. The van der Waals surface area contributed by atoms with Crippen LogP contribution in [0.1, 0.15) is 44.2 Å². The van der Waals surface area contributed by atoms with Crippen molar-refractivity contribution in [3.8, 4) is 0 Å². The van der Waals surface area contributed by atoms with E-state index in [-0.39, 0.29) is 25.7 Å². The summed E-state index contributed by atoms with van der Waals surface area (Å²) in [5.41, 5.74) is 11.7. The lowest BCUT2D eigenvalue weighted by Crippen LogP contribution is -2.57. The first-order valence-electron chi connectivity index (χ1n) is 11.4. The van der Waals surface area contributed by atoms with Gasteiger partial charge in [-0.1, -0.05) is 0 Å². The summed E-state index contributed by atoms with van der Waals surface area (Å²) in [5, 5.41) is 33.9. The number of nitrogens with zero attached hydrogens (tertiary/aromatic N) is 1. The van der Waals surface area contributed by atoms with Crippen LogP contribution in [0.25, 0.3) is 0 Å². The first-order valence-corrected chi connectivity index (χ1v) is 11.4. The number of unbranched alkanes of at least 4 members (excludes halogenated alkanes) is 1. The van der Waals surface area contributed by atoms with Crippen LogP contribution in [0.4, 0.5) is 0 Å². The van der Waals surface area contributed by atoms with E-state index in [2.05, 4.69) is 25.9 Å². The van der Waals surface area contributed by atoms with Gasteiger partial charge < -0.3 is 47.7 Å². The topological polar surface area (TPSA) is 280 Å². The van der Waals surface area contributed by atoms with Gasteiger partial charge in [0.25, 0.3) is 0 Å². The number of carboxylic acids is 3. The van der Waals surface area contributed by atoms with Gasteiger partial charge >= 0.3 is 17.9 Å². The van der Waals surface area contributed by atoms with Gasteiger partial charge in [-0.15, -0.1) is 0 Å². The van der Waals surface area contributed by atoms with Crippen LogP contribution in [0, 0.1) is 0 Å². The number of aromatic amines is 1. The van der Waals surface area contributed by atoms with Crippen LogP contribution in [-0.2, 0) is 35.2 Å². The van der Waals surface area contributed by atoms with E-state index in [9.17, 15) is 33.9 Å². The minimum Gasteiger partial charge on any atom is -0.481 e. The van der Waals surface area contributed by atoms with Gasteiger partial charge in [-0.25, -0.2) is 9.78 Å². The third-order valence-corrected chi connectivity index (χ3v) is 5.19. The molecule has 1 rings (SSSR count). The van der Waals surface area contributed by atoms with Gasteiger partial charge in [-0.05, 0) is 32.2 Å². The fourth-order valence-electron chi connectivity index (χ4n) is 3.20. The minimum atomic E-state index is -1.73. The number of H-pyrrole nitrogens is 1. The predicted molar refractivity (Wildman–Crippen MR) is 126 cm³/mol. The number of aliphatic carboxylic acids is 3. The van der Waals surface area contributed by atoms with E-state index in [0.717, 1.165) is 0 Å². The average Bonchev–Trinajstić information content (AvgIpc) is 3.33. The largest absolute Gasteiger partial charge is 0.481 e. The fourth-order valence-corrected chi connectivity index (χ4v) is 3.20. The highest BCUT2D eigenvalue weighted by atomic mass is 16.4. The number of imidazole rings is 1. The average molecular weight is 528 g/mol. The highest BCUT2D eigenvalue weighted by Gasteiger charge is 2.31. The van der Waals surface area contributed by atoms with Crippen LogP contribution >= 0.6 is 0 Å². The lowest BCUT2D eigenvalue weighted by atomic mass is 10.0. The third kappa shape index (κ3) is 12.0. The molecule has 1 aromatic rings. The van der Waals surface area contributed by atoms with E-state index in [1.165, 1.54) is 12.5 Å². The monoisotopic (exact) mass is 527 g/mol. The predicted octanol–water partition coefficient (Wildman–Crippen LogP) is -2.71. The van der Waals surface area contributed by atoms with Crippen molar-refractivity contribution in [2.45, 2.75) is 69.1 Å². The molecule has 4 unspecified atom stereocenters. The summed E-state index contributed by atoms with van der Waals surface area (Å²) in [5.74, 6) is -6.70. The number of aromatic nitrogens is 2. The van der Waals surface area contributed by atoms with Crippen molar-refractivity contribution in [3.63, 3.8) is 0 Å². The van der Waals surface area contributed by atoms with Crippen LogP contribution in [0.15, 0.2) is 12.5 Å². The van der Waals surface area contributed by atoms with Gasteiger partial charge in [0, 0.05) is 24.7 Å². The van der Waals surface area contributed by atoms with Crippen molar-refractivity contribution < 1.29 is 44.1 Å². The quantitative estimate of drug-likeness (QED) is 0.0881. The molecule has 0 aliphatic carbocycles. The van der Waals surface area contributed by atoms with E-state index >= 15 is 0 Å². The molecule has 1 aromatic heterocycles. The second kappa shape index (κ2) is 15.8. The van der Waals surface area contributed by atoms with Crippen molar-refractivity contribution in [1.29, 1.82) is 0 Å². The second-order valence-corrected chi connectivity index (χ2v) is 8.22. The van der Waals surface area contributed by atoms with E-state index in [1.807, 2.05) is 0 Å². The Hall–Kier alpha value is -4.05. The maximum absolute atomic E-state index is 13.1. The molecule has 0 aliphatic rings. The zero-order chi connectivity index (χ0) is 28.0. The van der Waals surface area contributed by atoms with Crippen molar-refractivity contribution >= 4 is 35.6 Å². The summed E-state index contributed by atoms with van der Waals surface area (Å²) >= 11 is 0. The van der Waals surface area contributed by atoms with E-state index in [0.29, 0.717) is 25.1 Å². The molecule has 0 aliphatic heterocycles. The van der Waals surface area contributed by atoms with Gasteiger partial charge in [-0.2, -0.15) is 0 Å². The van der Waals surface area contributed by atoms with Crippen LogP contribution in [0.2, 0.25) is 0 Å². The Bertz CT molecular complexity index is 939. The van der Waals surface area contributed by atoms with Crippen molar-refractivity contribution in [3.05, 3.63) is 18.2 Å². The molecule has 16 nitrogen and oxygen atoms in total. The smallest absolute Gasteiger partial charge is 0.326 e. The number of nitrogens with two attached hydrogens (primary N) is 2. The lowest BCUT2D eigenvalue weighted by molar-refractivity contribution is -0.147. The number of nitrogens with one attached hydrogen (secondary N) is 4. The molecule has 206 valence electrons. The molecule has 0 radical (unpaired) electrons. The van der Waals surface area contributed by atoms with Crippen LogP contribution in [-0.4, -0.2) is 91.6 Å². The molecule has 0 bridgehead atoms. The molecular formula is C21H33N7O9. The molecule has 0 fully saturated rings. The molecule has 1 heterocycles. The molecule has 4 atom stereocenters. The number of hydrogen-bond donors (Lipinski definition) is 9. The Balaban J connectivity index is 3.05. The summed E-state index contributed by atoms with van der Waals surface area (Å²) < 4.78 is 0. The summed E-state index contributed by atoms with van der Waals surface area (Å²) in [6, 6.07) is -5.48. The Morgan fingerprint density at radius 1 is 0.865 bits per heavy atom. The van der Waals surface area contributed by atoms with Crippen molar-refractivity contribution in [2.24, 2.45) is 11.5 Å². The zero-order valence-corrected chi connectivity index (χ0v) is 20.0. The fraction of sp³-hybridized carbons (Fsp3) is 0.571. The Labute approximate surface area is 211 Å². The molecule has 0 saturated heterocycles. The summed E-state index contributed by atoms with van der Waals surface area (Å²) in [7, 11) is 0. The molecule has 37 heavy (non-hydrogen) atoms. The lowest BCUT2D eigenvalue weighted by Gasteiger charge is -2.25. The minimum absolute atomic E-state index is 0.0526. The summed E-state index contributed by atoms with van der Waals surface area (Å²) in [6.45, 7) is 0.297. The van der Waals surface area contributed by atoms with Crippen molar-refractivity contribution in [1.82, 2.24) is 25.9 Å². The van der Waals surface area contributed by atoms with Gasteiger partial charge in [0.1, 0.15) is 18.1 Å². The number of carbonyl (C=O) groups excluding carboxylic acids is 3. The molecule has 0 saturated carbocycles. The second-order valence-electron chi connectivity index (χ2n) is 8.22. The standard InChI is InChI=1S/C21H33N7O9/c22-6-2-1-3-13(19(34)28-15(21(36)37)8-17(31)32)26-20(35)14(7-11-9-24-10-25-11)27-18(33)12(23)4-5-16(29)30/h9-10,12-15H,1-8,22-23H2,(H,24,25)(H,26,35)(H,27,33)(H,28,34)(H,29,30)(H,31,32)(H,36,37). The molecule has 16 heteroatoms. The molecule has 0 aromatic carbocycles. The highest BCUT2D eigenvalue weighted by molar-refractivity contribution is 5.94. The Kier molecular flexibility index (Phi) is 13.3. The van der Waals surface area contributed by atoms with Gasteiger partial charge in [0.2, 0.25) is 17.7 Å². The van der Waals surface area contributed by atoms with Crippen LogP contribution < -0.4 is 27.4 Å². The third-order valence-electron chi connectivity index (χ3n) is 5.19. The first kappa shape index (κ1) is 31.0.